The minimum atomic E-state index is -0.486. The van der Waals surface area contributed by atoms with E-state index in [4.69, 9.17) is 9.15 Å². The molecular formula is C12H13N3O4. The van der Waals surface area contributed by atoms with Gasteiger partial charge in [0.1, 0.15) is 0 Å². The Hall–Kier alpha value is -2.44. The first kappa shape index (κ1) is 13.0. The molecule has 1 heterocycles. The van der Waals surface area contributed by atoms with Crippen molar-refractivity contribution in [3.8, 4) is 17.2 Å². The first-order valence-corrected chi connectivity index (χ1v) is 5.73. The third-order valence-electron chi connectivity index (χ3n) is 2.29. The number of aryl methyl sites for hydroxylation is 1. The number of nitro groups is 1. The molecule has 0 fully saturated rings. The lowest BCUT2D eigenvalue weighted by Crippen LogP contribution is -2.07. The van der Waals surface area contributed by atoms with Gasteiger partial charge in [-0.25, -0.2) is 0 Å². The summed E-state index contributed by atoms with van der Waals surface area (Å²) in [5.74, 6) is 0.925. The molecule has 0 aliphatic rings. The summed E-state index contributed by atoms with van der Waals surface area (Å²) < 4.78 is 10.7. The summed E-state index contributed by atoms with van der Waals surface area (Å²) in [6.07, 6.45) is -0.168. The SMILES string of the molecule is Cc1nnc(-c2ccc([N+](=O)[O-])c(OC(C)C)c2)o1. The lowest BCUT2D eigenvalue weighted by Gasteiger charge is -2.10. The standard InChI is InChI=1S/C12H13N3O4/c1-7(2)18-11-6-9(4-5-10(11)15(16)17)12-14-13-8(3)19-12/h4-7H,1-3H3. The number of hydrogen-bond donors (Lipinski definition) is 0. The molecule has 1 aromatic carbocycles. The summed E-state index contributed by atoms with van der Waals surface area (Å²) in [6.45, 7) is 5.27. The molecule has 7 heteroatoms. The maximum Gasteiger partial charge on any atom is 0.310 e. The highest BCUT2D eigenvalue weighted by atomic mass is 16.6. The Bertz CT molecular complexity index is 607. The van der Waals surface area contributed by atoms with Gasteiger partial charge in [-0.1, -0.05) is 0 Å². The fourth-order valence-corrected chi connectivity index (χ4v) is 1.56. The molecule has 2 aromatic rings. The van der Waals surface area contributed by atoms with Crippen LogP contribution in [-0.2, 0) is 0 Å². The summed E-state index contributed by atoms with van der Waals surface area (Å²) in [6, 6.07) is 4.45. The zero-order valence-electron chi connectivity index (χ0n) is 10.8. The molecule has 2 rings (SSSR count). The molecule has 19 heavy (non-hydrogen) atoms. The third kappa shape index (κ3) is 2.87. The van der Waals surface area contributed by atoms with E-state index in [0.29, 0.717) is 17.3 Å². The van der Waals surface area contributed by atoms with Gasteiger partial charge < -0.3 is 9.15 Å². The van der Waals surface area contributed by atoms with Gasteiger partial charge in [0.15, 0.2) is 5.75 Å². The van der Waals surface area contributed by atoms with E-state index in [9.17, 15) is 10.1 Å². The van der Waals surface area contributed by atoms with E-state index in [1.807, 2.05) is 0 Å². The van der Waals surface area contributed by atoms with Gasteiger partial charge in [0.2, 0.25) is 11.8 Å². The van der Waals surface area contributed by atoms with Crippen LogP contribution in [0.15, 0.2) is 22.6 Å². The number of nitrogens with zero attached hydrogens (tertiary/aromatic N) is 3. The molecule has 0 N–H and O–H groups in total. The van der Waals surface area contributed by atoms with Gasteiger partial charge in [-0.3, -0.25) is 10.1 Å². The van der Waals surface area contributed by atoms with Gasteiger partial charge >= 0.3 is 5.69 Å². The molecule has 7 nitrogen and oxygen atoms in total. The Kier molecular flexibility index (Phi) is 3.46. The van der Waals surface area contributed by atoms with Crippen LogP contribution in [0.2, 0.25) is 0 Å². The van der Waals surface area contributed by atoms with Gasteiger partial charge in [-0.05, 0) is 19.9 Å². The first-order chi connectivity index (χ1) is 8.97. The number of ether oxygens (including phenoxy) is 1. The van der Waals surface area contributed by atoms with Crippen molar-refractivity contribution < 1.29 is 14.1 Å². The van der Waals surface area contributed by atoms with E-state index >= 15 is 0 Å². The predicted octanol–water partition coefficient (Wildman–Crippen LogP) is 2.74. The number of rotatable bonds is 4. The van der Waals surface area contributed by atoms with Crippen molar-refractivity contribution in [3.05, 3.63) is 34.2 Å². The average molecular weight is 263 g/mol. The zero-order valence-corrected chi connectivity index (χ0v) is 10.8. The summed E-state index contributed by atoms with van der Waals surface area (Å²) in [7, 11) is 0. The van der Waals surface area contributed by atoms with Gasteiger partial charge in [0.05, 0.1) is 11.0 Å². The van der Waals surface area contributed by atoms with Crippen LogP contribution in [0.1, 0.15) is 19.7 Å². The van der Waals surface area contributed by atoms with Gasteiger partial charge in [0, 0.05) is 24.6 Å². The molecule has 0 saturated heterocycles. The van der Waals surface area contributed by atoms with Crippen LogP contribution < -0.4 is 4.74 Å². The van der Waals surface area contributed by atoms with Crippen LogP contribution in [0, 0.1) is 17.0 Å². The Morgan fingerprint density at radius 1 is 1.37 bits per heavy atom. The maximum atomic E-state index is 10.9. The molecule has 1 aromatic heterocycles. The monoisotopic (exact) mass is 263 g/mol. The van der Waals surface area contributed by atoms with E-state index in [-0.39, 0.29) is 17.5 Å². The Morgan fingerprint density at radius 2 is 2.11 bits per heavy atom. The number of benzene rings is 1. The van der Waals surface area contributed by atoms with Crippen molar-refractivity contribution in [1.82, 2.24) is 10.2 Å². The fraction of sp³-hybridized carbons (Fsp3) is 0.333. The van der Waals surface area contributed by atoms with Crippen molar-refractivity contribution in [2.45, 2.75) is 26.9 Å². The van der Waals surface area contributed by atoms with Gasteiger partial charge in [-0.15, -0.1) is 10.2 Å². The predicted molar refractivity (Wildman–Crippen MR) is 66.9 cm³/mol. The van der Waals surface area contributed by atoms with E-state index in [0.717, 1.165) is 0 Å². The quantitative estimate of drug-likeness (QED) is 0.622. The molecule has 0 radical (unpaired) electrons. The largest absolute Gasteiger partial charge is 0.484 e. The maximum absolute atomic E-state index is 10.9. The minimum Gasteiger partial charge on any atom is -0.484 e. The second-order valence-corrected chi connectivity index (χ2v) is 4.23. The fourth-order valence-electron chi connectivity index (χ4n) is 1.56. The van der Waals surface area contributed by atoms with Crippen LogP contribution in [0.4, 0.5) is 5.69 Å². The average Bonchev–Trinajstić information content (AvgIpc) is 2.74. The molecule has 0 bridgehead atoms. The third-order valence-corrected chi connectivity index (χ3v) is 2.29. The number of hydrogen-bond acceptors (Lipinski definition) is 6. The van der Waals surface area contributed by atoms with Crippen LogP contribution >= 0.6 is 0 Å². The highest BCUT2D eigenvalue weighted by Gasteiger charge is 2.18. The number of nitro benzene ring substituents is 1. The highest BCUT2D eigenvalue weighted by Crippen LogP contribution is 2.32. The highest BCUT2D eigenvalue weighted by molar-refractivity contribution is 5.61. The van der Waals surface area contributed by atoms with Crippen LogP contribution in [0.25, 0.3) is 11.5 Å². The van der Waals surface area contributed by atoms with Crippen molar-refractivity contribution in [3.63, 3.8) is 0 Å². The Balaban J connectivity index is 2.45. The van der Waals surface area contributed by atoms with E-state index in [1.54, 1.807) is 26.8 Å². The molecule has 100 valence electrons. The molecule has 0 atom stereocenters. The summed E-state index contributed by atoms with van der Waals surface area (Å²) in [5.41, 5.74) is 0.496. The van der Waals surface area contributed by atoms with E-state index in [2.05, 4.69) is 10.2 Å². The summed E-state index contributed by atoms with van der Waals surface area (Å²) in [4.78, 5) is 10.4. The molecule has 0 spiro atoms. The lowest BCUT2D eigenvalue weighted by atomic mass is 10.2. The summed E-state index contributed by atoms with van der Waals surface area (Å²) in [5, 5.41) is 18.5. The van der Waals surface area contributed by atoms with Crippen molar-refractivity contribution in [2.24, 2.45) is 0 Å². The second-order valence-electron chi connectivity index (χ2n) is 4.23. The minimum absolute atomic E-state index is 0.0892. The topological polar surface area (TPSA) is 91.3 Å². The van der Waals surface area contributed by atoms with E-state index < -0.39 is 4.92 Å². The number of aromatic nitrogens is 2. The van der Waals surface area contributed by atoms with Crippen molar-refractivity contribution in [1.29, 1.82) is 0 Å². The van der Waals surface area contributed by atoms with Gasteiger partial charge in [-0.2, -0.15) is 0 Å². The molecule has 0 aliphatic carbocycles. The molecule has 0 aliphatic heterocycles. The van der Waals surface area contributed by atoms with E-state index in [1.165, 1.54) is 12.1 Å². The zero-order chi connectivity index (χ0) is 14.0. The molecule has 0 unspecified atom stereocenters. The summed E-state index contributed by atoms with van der Waals surface area (Å²) >= 11 is 0. The van der Waals surface area contributed by atoms with Crippen LogP contribution in [-0.4, -0.2) is 21.2 Å². The van der Waals surface area contributed by atoms with Crippen molar-refractivity contribution in [2.75, 3.05) is 0 Å². The molecule has 0 amide bonds. The Morgan fingerprint density at radius 3 is 2.63 bits per heavy atom. The first-order valence-electron chi connectivity index (χ1n) is 5.73. The molecule has 0 saturated carbocycles. The second kappa shape index (κ2) is 5.05. The smallest absolute Gasteiger partial charge is 0.310 e. The van der Waals surface area contributed by atoms with Crippen molar-refractivity contribution >= 4 is 5.69 Å². The molecular weight excluding hydrogens is 250 g/mol. The Labute approximate surface area is 109 Å². The van der Waals surface area contributed by atoms with Crippen LogP contribution in [0.3, 0.4) is 0 Å². The normalized spacial score (nSPS) is 10.7. The van der Waals surface area contributed by atoms with Gasteiger partial charge in [0.25, 0.3) is 0 Å². The van der Waals surface area contributed by atoms with Crippen LogP contribution in [0.5, 0.6) is 5.75 Å². The lowest BCUT2D eigenvalue weighted by molar-refractivity contribution is -0.386.